The van der Waals surface area contributed by atoms with E-state index in [2.05, 4.69) is 6.07 Å². The van der Waals surface area contributed by atoms with Gasteiger partial charge >= 0.3 is 11.9 Å². The van der Waals surface area contributed by atoms with Crippen molar-refractivity contribution in [1.29, 1.82) is 0 Å². The van der Waals surface area contributed by atoms with Gasteiger partial charge in [0.2, 0.25) is 0 Å². The van der Waals surface area contributed by atoms with E-state index in [1.165, 1.54) is 24.3 Å². The van der Waals surface area contributed by atoms with E-state index in [0.29, 0.717) is 28.4 Å². The molecule has 0 bridgehead atoms. The third-order valence-corrected chi connectivity index (χ3v) is 3.52. The van der Waals surface area contributed by atoms with Crippen LogP contribution in [-0.4, -0.2) is 19.0 Å². The number of benzene rings is 3. The van der Waals surface area contributed by atoms with Crippen LogP contribution in [0.4, 0.5) is 0 Å². The summed E-state index contributed by atoms with van der Waals surface area (Å²) in [5.74, 6) is 0.433. The molecule has 0 aliphatic carbocycles. The zero-order chi connectivity index (χ0) is 18.4. The molecule has 3 aromatic rings. The fourth-order valence-corrected chi connectivity index (χ4v) is 2.16. The Bertz CT molecular complexity index is 896. The maximum absolute atomic E-state index is 12.2. The number of carbonyl (C=O) groups excluding carboxylic acids is 2. The minimum absolute atomic E-state index is 0. The van der Waals surface area contributed by atoms with Crippen LogP contribution in [0.5, 0.6) is 17.2 Å². The molecule has 0 saturated heterocycles. The van der Waals surface area contributed by atoms with Crippen LogP contribution in [0.3, 0.4) is 0 Å². The molecule has 0 unspecified atom stereocenters. The Labute approximate surface area is 189 Å². The number of rotatable bonds is 5. The molecule has 3 rings (SSSR count). The summed E-state index contributed by atoms with van der Waals surface area (Å²) in [4.78, 5) is 24.1. The summed E-state index contributed by atoms with van der Waals surface area (Å²) in [7, 11) is 1.56. The smallest absolute Gasteiger partial charge is 0.343 e. The molecule has 0 aliphatic rings. The maximum atomic E-state index is 12.2. The van der Waals surface area contributed by atoms with E-state index in [9.17, 15) is 9.59 Å². The maximum Gasteiger partial charge on any atom is 0.343 e. The van der Waals surface area contributed by atoms with E-state index >= 15 is 0 Å². The fraction of sp³-hybridized carbons (Fsp3) is 0.0476. The van der Waals surface area contributed by atoms with Crippen molar-refractivity contribution in [3.8, 4) is 17.2 Å². The van der Waals surface area contributed by atoms with Gasteiger partial charge in [-0.05, 0) is 54.1 Å². The molecule has 3 aromatic carbocycles. The van der Waals surface area contributed by atoms with E-state index in [0.717, 1.165) is 0 Å². The number of carbonyl (C=O) groups is 2. The Morgan fingerprint density at radius 1 is 0.679 bits per heavy atom. The van der Waals surface area contributed by atoms with Crippen LogP contribution in [0.15, 0.2) is 72.8 Å². The van der Waals surface area contributed by atoms with Gasteiger partial charge in [-0.15, -0.1) is 0 Å². The van der Waals surface area contributed by atoms with E-state index < -0.39 is 11.9 Å². The normalized spacial score (nSPS) is 9.32. The molecular formula is C21H15O5VW-. The van der Waals surface area contributed by atoms with Crippen molar-refractivity contribution in [2.75, 3.05) is 7.11 Å². The van der Waals surface area contributed by atoms with Gasteiger partial charge in [-0.2, -0.15) is 30.3 Å². The first-order valence-electron chi connectivity index (χ1n) is 7.80. The van der Waals surface area contributed by atoms with Crippen molar-refractivity contribution in [2.24, 2.45) is 0 Å². The molecule has 0 aromatic heterocycles. The molecular weight excluding hydrogens is 567 g/mol. The van der Waals surface area contributed by atoms with E-state index in [1.54, 1.807) is 55.6 Å². The van der Waals surface area contributed by atoms with E-state index in [-0.39, 0.29) is 39.6 Å². The summed E-state index contributed by atoms with van der Waals surface area (Å²) < 4.78 is 15.6. The third kappa shape index (κ3) is 6.38. The topological polar surface area (TPSA) is 61.8 Å². The van der Waals surface area contributed by atoms with Crippen LogP contribution in [0, 0.1) is 6.07 Å². The second kappa shape index (κ2) is 11.5. The molecule has 5 nitrogen and oxygen atoms in total. The van der Waals surface area contributed by atoms with Gasteiger partial charge < -0.3 is 14.2 Å². The average molecular weight is 582 g/mol. The zero-order valence-corrected chi connectivity index (χ0v) is 19.2. The van der Waals surface area contributed by atoms with Crippen molar-refractivity contribution in [2.45, 2.75) is 0 Å². The number of hydrogen-bond acceptors (Lipinski definition) is 5. The molecule has 0 spiro atoms. The van der Waals surface area contributed by atoms with Gasteiger partial charge in [0.05, 0.1) is 12.7 Å². The molecule has 1 radical (unpaired) electrons. The summed E-state index contributed by atoms with van der Waals surface area (Å²) in [6.07, 6.45) is 0. The summed E-state index contributed by atoms with van der Waals surface area (Å²) in [5, 5.41) is 0. The first kappa shape index (κ1) is 23.7. The molecule has 7 heteroatoms. The second-order valence-corrected chi connectivity index (χ2v) is 5.27. The largest absolute Gasteiger partial charge is 0.497 e. The van der Waals surface area contributed by atoms with Gasteiger partial charge in [0, 0.05) is 39.6 Å². The van der Waals surface area contributed by atoms with Gasteiger partial charge in [0.15, 0.2) is 0 Å². The fourth-order valence-electron chi connectivity index (χ4n) is 2.16. The molecule has 28 heavy (non-hydrogen) atoms. The Hall–Kier alpha value is -2.33. The first-order valence-corrected chi connectivity index (χ1v) is 7.80. The van der Waals surface area contributed by atoms with Gasteiger partial charge in [-0.3, -0.25) is 0 Å². The van der Waals surface area contributed by atoms with Crippen LogP contribution in [0.25, 0.3) is 0 Å². The molecule has 0 atom stereocenters. The van der Waals surface area contributed by atoms with Gasteiger partial charge in [-0.25, -0.2) is 9.59 Å². The number of ether oxygens (including phenoxy) is 3. The van der Waals surface area contributed by atoms with E-state index in [4.69, 9.17) is 14.2 Å². The quantitative estimate of drug-likeness (QED) is 0.260. The van der Waals surface area contributed by atoms with Crippen LogP contribution < -0.4 is 14.2 Å². The Morgan fingerprint density at radius 3 is 1.54 bits per heavy atom. The van der Waals surface area contributed by atoms with Crippen LogP contribution in [0.1, 0.15) is 20.7 Å². The van der Waals surface area contributed by atoms with Crippen LogP contribution in [-0.2, 0) is 39.6 Å². The third-order valence-electron chi connectivity index (χ3n) is 3.52. The van der Waals surface area contributed by atoms with E-state index in [1.807, 2.05) is 0 Å². The standard InChI is InChI=1S/C21H15O5.V.W/c1-24-17-11-13-19(14-12-17)26-21(23)16-7-9-18(10-8-16)25-20(22)15-5-3-2-4-6-15;;/h3-14H,1H3;;/q-1;;. The molecule has 0 fully saturated rings. The van der Waals surface area contributed by atoms with Crippen LogP contribution in [0.2, 0.25) is 0 Å². The van der Waals surface area contributed by atoms with Crippen molar-refractivity contribution >= 4 is 11.9 Å². The summed E-state index contributed by atoms with van der Waals surface area (Å²) in [6.45, 7) is 0. The Balaban J connectivity index is 0.00000196. The number of esters is 2. The minimum Gasteiger partial charge on any atom is -0.497 e. The zero-order valence-electron chi connectivity index (χ0n) is 14.8. The average Bonchev–Trinajstić information content (AvgIpc) is 2.69. The molecule has 0 heterocycles. The Kier molecular flexibility index (Phi) is 9.74. The molecule has 0 amide bonds. The predicted octanol–water partition coefficient (Wildman–Crippen LogP) is 3.93. The first-order chi connectivity index (χ1) is 12.7. The minimum atomic E-state index is -0.508. The monoisotopic (exact) mass is 582 g/mol. The SMILES string of the molecule is COc1ccc(OC(=O)c2ccc(OC(=O)c3cc[c-]cc3)cc2)cc1.[V].[W]. The van der Waals surface area contributed by atoms with Gasteiger partial charge in [0.1, 0.15) is 17.2 Å². The summed E-state index contributed by atoms with van der Waals surface area (Å²) in [5.41, 5.74) is 0.765. The predicted molar refractivity (Wildman–Crippen MR) is 94.6 cm³/mol. The molecule has 0 aliphatic heterocycles. The number of methoxy groups -OCH3 is 1. The Morgan fingerprint density at radius 2 is 1.07 bits per heavy atom. The van der Waals surface area contributed by atoms with Gasteiger partial charge in [0.25, 0.3) is 0 Å². The van der Waals surface area contributed by atoms with Crippen molar-refractivity contribution in [3.63, 3.8) is 0 Å². The molecule has 0 saturated carbocycles. The summed E-state index contributed by atoms with van der Waals surface area (Å²) >= 11 is 0. The second-order valence-electron chi connectivity index (χ2n) is 5.27. The molecule has 0 N–H and O–H groups in total. The van der Waals surface area contributed by atoms with Crippen molar-refractivity contribution in [1.82, 2.24) is 0 Å². The van der Waals surface area contributed by atoms with Gasteiger partial charge in [-0.1, -0.05) is 0 Å². The van der Waals surface area contributed by atoms with Crippen molar-refractivity contribution in [3.05, 3.63) is 90.0 Å². The van der Waals surface area contributed by atoms with Crippen LogP contribution >= 0.6 is 0 Å². The van der Waals surface area contributed by atoms with Crippen molar-refractivity contribution < 1.29 is 63.4 Å². The number of hydrogen-bond donors (Lipinski definition) is 0. The molecule has 141 valence electrons. The summed E-state index contributed by atoms with van der Waals surface area (Å²) in [6, 6.07) is 22.2.